The Labute approximate surface area is 189 Å². The zero-order valence-corrected chi connectivity index (χ0v) is 19.0. The van der Waals surface area contributed by atoms with Gasteiger partial charge in [-0.1, -0.05) is 70.2 Å². The van der Waals surface area contributed by atoms with E-state index < -0.39 is 0 Å². The number of Topliss-reactive ketones (excluding diaryl/α,β-unsaturated/α-hetero) is 1. The molecule has 4 rings (SSSR count). The standard InChI is InChI=1S/C24H20BrN3OS/c1-28-12-11-21-20(14-28)23(17-5-3-2-4-6-17)19(13-26)24(27-21)30-15-22(29)16-7-9-18(25)10-8-16/h2-10H,11-12,14-15H2,1H3. The molecule has 0 bridgehead atoms. The number of hydrogen-bond donors (Lipinski definition) is 0. The molecular weight excluding hydrogens is 458 g/mol. The number of thioether (sulfide) groups is 1. The number of rotatable bonds is 5. The van der Waals surface area contributed by atoms with Gasteiger partial charge in [0.1, 0.15) is 11.1 Å². The molecule has 30 heavy (non-hydrogen) atoms. The largest absolute Gasteiger partial charge is 0.302 e. The Balaban J connectivity index is 1.72. The fourth-order valence-electron chi connectivity index (χ4n) is 3.66. The number of ketones is 1. The molecule has 0 unspecified atom stereocenters. The number of carbonyl (C=O) groups excluding carboxylic acids is 1. The highest BCUT2D eigenvalue weighted by molar-refractivity contribution is 9.10. The lowest BCUT2D eigenvalue weighted by Gasteiger charge is -2.28. The van der Waals surface area contributed by atoms with Gasteiger partial charge in [0.05, 0.1) is 11.3 Å². The second-order valence-electron chi connectivity index (χ2n) is 7.28. The molecule has 0 aliphatic carbocycles. The van der Waals surface area contributed by atoms with Crippen LogP contribution in [0.15, 0.2) is 64.1 Å². The number of hydrogen-bond acceptors (Lipinski definition) is 5. The number of likely N-dealkylation sites (N-methyl/N-ethyl adjacent to an activating group) is 1. The number of nitrogens with zero attached hydrogens (tertiary/aromatic N) is 3. The molecule has 0 saturated carbocycles. The lowest BCUT2D eigenvalue weighted by atomic mass is 9.92. The summed E-state index contributed by atoms with van der Waals surface area (Å²) in [6.07, 6.45) is 0.839. The van der Waals surface area contributed by atoms with Crippen molar-refractivity contribution in [1.82, 2.24) is 9.88 Å². The predicted octanol–water partition coefficient (Wildman–Crippen LogP) is 5.35. The van der Waals surface area contributed by atoms with Crippen LogP contribution in [0.5, 0.6) is 0 Å². The van der Waals surface area contributed by atoms with Crippen molar-refractivity contribution in [3.05, 3.63) is 81.5 Å². The lowest BCUT2D eigenvalue weighted by molar-refractivity contribution is 0.102. The van der Waals surface area contributed by atoms with Gasteiger partial charge in [0.25, 0.3) is 0 Å². The topological polar surface area (TPSA) is 57.0 Å². The minimum absolute atomic E-state index is 0.0249. The zero-order chi connectivity index (χ0) is 21.1. The number of benzene rings is 2. The molecule has 2 heterocycles. The Kier molecular flexibility index (Phi) is 6.33. The molecule has 0 radical (unpaired) electrons. The van der Waals surface area contributed by atoms with Gasteiger partial charge in [-0.25, -0.2) is 4.98 Å². The SMILES string of the molecule is CN1CCc2nc(SCC(=O)c3ccc(Br)cc3)c(C#N)c(-c3ccccc3)c2C1. The molecule has 2 aromatic carbocycles. The molecule has 150 valence electrons. The molecule has 0 saturated heterocycles. The lowest BCUT2D eigenvalue weighted by Crippen LogP contribution is -2.28. The molecule has 6 heteroatoms. The van der Waals surface area contributed by atoms with Crippen LogP contribution in [-0.4, -0.2) is 35.0 Å². The van der Waals surface area contributed by atoms with Crippen LogP contribution in [-0.2, 0) is 13.0 Å². The summed E-state index contributed by atoms with van der Waals surface area (Å²) in [6, 6.07) is 19.7. The molecule has 0 atom stereocenters. The summed E-state index contributed by atoms with van der Waals surface area (Å²) in [7, 11) is 2.09. The van der Waals surface area contributed by atoms with Crippen LogP contribution in [0.1, 0.15) is 27.2 Å². The number of carbonyl (C=O) groups is 1. The average molecular weight is 478 g/mol. The summed E-state index contributed by atoms with van der Waals surface area (Å²) < 4.78 is 0.937. The summed E-state index contributed by atoms with van der Waals surface area (Å²) in [5.74, 6) is 0.271. The van der Waals surface area contributed by atoms with E-state index in [-0.39, 0.29) is 11.5 Å². The Morgan fingerprint density at radius 2 is 1.93 bits per heavy atom. The summed E-state index contributed by atoms with van der Waals surface area (Å²) in [5, 5.41) is 10.7. The molecular formula is C24H20BrN3OS. The van der Waals surface area contributed by atoms with E-state index in [1.54, 1.807) is 0 Å². The van der Waals surface area contributed by atoms with E-state index in [0.717, 1.165) is 46.4 Å². The minimum atomic E-state index is 0.0249. The van der Waals surface area contributed by atoms with Crippen LogP contribution >= 0.6 is 27.7 Å². The molecule has 0 amide bonds. The van der Waals surface area contributed by atoms with Crippen molar-refractivity contribution in [1.29, 1.82) is 5.26 Å². The van der Waals surface area contributed by atoms with Crippen molar-refractivity contribution in [3.63, 3.8) is 0 Å². The van der Waals surface area contributed by atoms with Gasteiger partial charge in [0.2, 0.25) is 0 Å². The Morgan fingerprint density at radius 3 is 2.63 bits per heavy atom. The Morgan fingerprint density at radius 1 is 1.20 bits per heavy atom. The van der Waals surface area contributed by atoms with Crippen molar-refractivity contribution in [3.8, 4) is 17.2 Å². The maximum atomic E-state index is 12.7. The number of halogens is 1. The molecule has 1 aliphatic rings. The smallest absolute Gasteiger partial charge is 0.173 e. The third-order valence-corrected chi connectivity index (χ3v) is 6.69. The molecule has 0 spiro atoms. The van der Waals surface area contributed by atoms with Crippen molar-refractivity contribution < 1.29 is 4.79 Å². The maximum absolute atomic E-state index is 12.7. The monoisotopic (exact) mass is 477 g/mol. The number of nitriles is 1. The van der Waals surface area contributed by atoms with Gasteiger partial charge in [-0.2, -0.15) is 5.26 Å². The highest BCUT2D eigenvalue weighted by Gasteiger charge is 2.25. The fraction of sp³-hybridized carbons (Fsp3) is 0.208. The van der Waals surface area contributed by atoms with Gasteiger partial charge in [-0.15, -0.1) is 0 Å². The number of pyridine rings is 1. The Hall–Kier alpha value is -2.46. The van der Waals surface area contributed by atoms with Crippen LogP contribution < -0.4 is 0 Å². The van der Waals surface area contributed by atoms with Crippen LogP contribution in [0.25, 0.3) is 11.1 Å². The van der Waals surface area contributed by atoms with E-state index in [1.165, 1.54) is 11.8 Å². The predicted molar refractivity (Wildman–Crippen MR) is 124 cm³/mol. The van der Waals surface area contributed by atoms with E-state index >= 15 is 0 Å². The quantitative estimate of drug-likeness (QED) is 0.366. The van der Waals surface area contributed by atoms with E-state index in [4.69, 9.17) is 4.98 Å². The first-order valence-electron chi connectivity index (χ1n) is 9.68. The van der Waals surface area contributed by atoms with Crippen molar-refractivity contribution in [2.45, 2.75) is 18.0 Å². The average Bonchev–Trinajstić information content (AvgIpc) is 2.77. The first-order chi connectivity index (χ1) is 14.6. The van der Waals surface area contributed by atoms with Gasteiger partial charge in [-0.3, -0.25) is 4.79 Å². The van der Waals surface area contributed by atoms with Crippen molar-refractivity contribution in [2.24, 2.45) is 0 Å². The van der Waals surface area contributed by atoms with E-state index in [2.05, 4.69) is 33.9 Å². The van der Waals surface area contributed by atoms with Crippen LogP contribution in [0.2, 0.25) is 0 Å². The van der Waals surface area contributed by atoms with Crippen LogP contribution in [0.4, 0.5) is 0 Å². The van der Waals surface area contributed by atoms with Gasteiger partial charge in [0.15, 0.2) is 5.78 Å². The third kappa shape index (κ3) is 4.34. The van der Waals surface area contributed by atoms with Gasteiger partial charge in [0, 0.05) is 40.8 Å². The molecule has 3 aromatic rings. The summed E-state index contributed by atoms with van der Waals surface area (Å²) >= 11 is 4.75. The molecule has 0 N–H and O–H groups in total. The molecule has 0 fully saturated rings. The highest BCUT2D eigenvalue weighted by Crippen LogP contribution is 2.37. The minimum Gasteiger partial charge on any atom is -0.302 e. The first kappa shape index (κ1) is 20.8. The first-order valence-corrected chi connectivity index (χ1v) is 11.5. The highest BCUT2D eigenvalue weighted by atomic mass is 79.9. The zero-order valence-electron chi connectivity index (χ0n) is 16.6. The van der Waals surface area contributed by atoms with E-state index in [1.807, 2.05) is 54.6 Å². The Bertz CT molecular complexity index is 1120. The summed E-state index contributed by atoms with van der Waals surface area (Å²) in [6.45, 7) is 1.70. The van der Waals surface area contributed by atoms with Crippen molar-refractivity contribution >= 4 is 33.5 Å². The van der Waals surface area contributed by atoms with Gasteiger partial charge in [-0.05, 0) is 30.3 Å². The van der Waals surface area contributed by atoms with Crippen LogP contribution in [0, 0.1) is 11.3 Å². The van der Waals surface area contributed by atoms with Crippen LogP contribution in [0.3, 0.4) is 0 Å². The second-order valence-corrected chi connectivity index (χ2v) is 9.16. The maximum Gasteiger partial charge on any atom is 0.173 e. The molecule has 1 aliphatic heterocycles. The fourth-order valence-corrected chi connectivity index (χ4v) is 4.82. The molecule has 4 nitrogen and oxygen atoms in total. The van der Waals surface area contributed by atoms with Crippen molar-refractivity contribution in [2.75, 3.05) is 19.3 Å². The van der Waals surface area contributed by atoms with Gasteiger partial charge >= 0.3 is 0 Å². The number of aromatic nitrogens is 1. The summed E-state index contributed by atoms with van der Waals surface area (Å²) in [4.78, 5) is 19.8. The van der Waals surface area contributed by atoms with E-state index in [0.29, 0.717) is 16.2 Å². The third-order valence-electron chi connectivity index (χ3n) is 5.19. The second kappa shape index (κ2) is 9.13. The molecule has 1 aromatic heterocycles. The normalized spacial score (nSPS) is 13.5. The van der Waals surface area contributed by atoms with E-state index in [9.17, 15) is 10.1 Å². The van der Waals surface area contributed by atoms with Gasteiger partial charge < -0.3 is 4.90 Å². The summed E-state index contributed by atoms with van der Waals surface area (Å²) in [5.41, 5.74) is 5.34. The number of fused-ring (bicyclic) bond motifs is 1.